The summed E-state index contributed by atoms with van der Waals surface area (Å²) < 4.78 is 7.64. The van der Waals surface area contributed by atoms with E-state index < -0.39 is 11.7 Å². The van der Waals surface area contributed by atoms with Gasteiger partial charge >= 0.3 is 6.09 Å². The normalized spacial score (nSPS) is 12.1. The summed E-state index contributed by atoms with van der Waals surface area (Å²) in [4.78, 5) is 26.7. The van der Waals surface area contributed by atoms with Gasteiger partial charge in [-0.15, -0.1) is 0 Å². The molecular weight excluding hydrogens is 397 g/mol. The second kappa shape index (κ2) is 6.19. The van der Waals surface area contributed by atoms with Crippen LogP contribution in [0.25, 0.3) is 11.0 Å². The number of aliphatic imine (C=N–C) groups is 1. The Labute approximate surface area is 142 Å². The van der Waals surface area contributed by atoms with Gasteiger partial charge in [0.1, 0.15) is 11.1 Å². The van der Waals surface area contributed by atoms with E-state index in [0.29, 0.717) is 17.0 Å². The predicted octanol–water partition coefficient (Wildman–Crippen LogP) is 3.04. The van der Waals surface area contributed by atoms with E-state index in [2.05, 4.69) is 37.6 Å². The van der Waals surface area contributed by atoms with Crippen molar-refractivity contribution in [3.05, 3.63) is 16.0 Å². The van der Waals surface area contributed by atoms with Crippen LogP contribution in [0.5, 0.6) is 0 Å². The number of nitrogens with zero attached hydrogens (tertiary/aromatic N) is 5. The van der Waals surface area contributed by atoms with Crippen LogP contribution in [0.3, 0.4) is 0 Å². The van der Waals surface area contributed by atoms with Crippen molar-refractivity contribution >= 4 is 52.0 Å². The van der Waals surface area contributed by atoms with Gasteiger partial charge in [-0.3, -0.25) is 0 Å². The number of hydrogen-bond acceptors (Lipinski definition) is 5. The Bertz CT molecular complexity index is 731. The summed E-state index contributed by atoms with van der Waals surface area (Å²) in [6.07, 6.45) is 4.44. The van der Waals surface area contributed by atoms with Gasteiger partial charge in [0.05, 0.1) is 21.6 Å². The standard InChI is InChI=1S/C14H18IN5O2/c1-14(2,3)22-13(21)20-7-9(15)11-10(20)6-16-12(18-11)17-8-19(4)5/h6-8H,1-5H3/b17-8+. The molecule has 0 unspecified atom stereocenters. The molecule has 0 amide bonds. The zero-order chi connectivity index (χ0) is 16.5. The molecule has 0 atom stereocenters. The largest absolute Gasteiger partial charge is 0.443 e. The predicted molar refractivity (Wildman–Crippen MR) is 93.7 cm³/mol. The van der Waals surface area contributed by atoms with Crippen molar-refractivity contribution in [1.29, 1.82) is 0 Å². The van der Waals surface area contributed by atoms with Crippen molar-refractivity contribution in [3.8, 4) is 0 Å². The zero-order valence-corrected chi connectivity index (χ0v) is 15.3. The minimum absolute atomic E-state index is 0.348. The lowest BCUT2D eigenvalue weighted by Crippen LogP contribution is -2.26. The third kappa shape index (κ3) is 3.93. The van der Waals surface area contributed by atoms with Gasteiger partial charge in [-0.05, 0) is 43.4 Å². The summed E-state index contributed by atoms with van der Waals surface area (Å²) in [5, 5.41) is 0. The van der Waals surface area contributed by atoms with Gasteiger partial charge in [0, 0.05) is 20.3 Å². The van der Waals surface area contributed by atoms with E-state index >= 15 is 0 Å². The fraction of sp³-hybridized carbons (Fsp3) is 0.429. The minimum Gasteiger partial charge on any atom is -0.443 e. The maximum Gasteiger partial charge on any atom is 0.419 e. The Morgan fingerprint density at radius 2 is 2.14 bits per heavy atom. The molecule has 2 heterocycles. The van der Waals surface area contributed by atoms with Crippen molar-refractivity contribution in [2.75, 3.05) is 14.1 Å². The van der Waals surface area contributed by atoms with Crippen molar-refractivity contribution in [2.45, 2.75) is 26.4 Å². The lowest BCUT2D eigenvalue weighted by Gasteiger charge is -2.19. The van der Waals surface area contributed by atoms with Crippen LogP contribution in [0.1, 0.15) is 20.8 Å². The molecule has 0 radical (unpaired) electrons. The monoisotopic (exact) mass is 415 g/mol. The topological polar surface area (TPSA) is 72.6 Å². The third-order valence-corrected chi connectivity index (χ3v) is 3.27. The first-order valence-electron chi connectivity index (χ1n) is 6.65. The molecule has 0 aromatic carbocycles. The molecule has 0 saturated heterocycles. The first-order chi connectivity index (χ1) is 10.2. The van der Waals surface area contributed by atoms with E-state index in [-0.39, 0.29) is 0 Å². The van der Waals surface area contributed by atoms with Crippen LogP contribution in [0.15, 0.2) is 17.4 Å². The van der Waals surface area contributed by atoms with E-state index in [0.717, 1.165) is 3.57 Å². The van der Waals surface area contributed by atoms with Gasteiger partial charge < -0.3 is 9.64 Å². The van der Waals surface area contributed by atoms with Crippen LogP contribution in [0.2, 0.25) is 0 Å². The van der Waals surface area contributed by atoms with E-state index in [9.17, 15) is 4.79 Å². The number of carbonyl (C=O) groups is 1. The minimum atomic E-state index is -0.560. The van der Waals surface area contributed by atoms with Gasteiger partial charge in [-0.25, -0.2) is 24.3 Å². The van der Waals surface area contributed by atoms with E-state index in [4.69, 9.17) is 4.74 Å². The maximum absolute atomic E-state index is 12.2. The highest BCUT2D eigenvalue weighted by Crippen LogP contribution is 2.23. The molecule has 8 heteroatoms. The third-order valence-electron chi connectivity index (χ3n) is 2.48. The lowest BCUT2D eigenvalue weighted by atomic mass is 10.2. The van der Waals surface area contributed by atoms with Crippen LogP contribution in [-0.2, 0) is 4.74 Å². The van der Waals surface area contributed by atoms with Gasteiger partial charge in [0.25, 0.3) is 5.95 Å². The van der Waals surface area contributed by atoms with E-state index in [1.54, 1.807) is 23.6 Å². The average Bonchev–Trinajstić information content (AvgIpc) is 2.72. The molecule has 22 heavy (non-hydrogen) atoms. The molecular formula is C14H18IN5O2. The second-order valence-electron chi connectivity index (χ2n) is 5.94. The van der Waals surface area contributed by atoms with E-state index in [1.807, 2.05) is 34.9 Å². The van der Waals surface area contributed by atoms with Crippen LogP contribution >= 0.6 is 22.6 Å². The molecule has 0 aliphatic heterocycles. The number of aromatic nitrogens is 3. The smallest absolute Gasteiger partial charge is 0.419 e. The summed E-state index contributed by atoms with van der Waals surface area (Å²) in [6.45, 7) is 5.48. The Morgan fingerprint density at radius 1 is 1.45 bits per heavy atom. The molecule has 7 nitrogen and oxygen atoms in total. The van der Waals surface area contributed by atoms with Crippen molar-refractivity contribution in [3.63, 3.8) is 0 Å². The van der Waals surface area contributed by atoms with Crippen molar-refractivity contribution < 1.29 is 9.53 Å². The van der Waals surface area contributed by atoms with Gasteiger partial charge in [0.15, 0.2) is 0 Å². The summed E-state index contributed by atoms with van der Waals surface area (Å²) in [5.41, 5.74) is 0.713. The highest BCUT2D eigenvalue weighted by atomic mass is 127. The molecule has 0 saturated carbocycles. The number of halogens is 1. The quantitative estimate of drug-likeness (QED) is 0.429. The zero-order valence-electron chi connectivity index (χ0n) is 13.2. The van der Waals surface area contributed by atoms with Crippen LogP contribution < -0.4 is 0 Å². The van der Waals surface area contributed by atoms with Crippen LogP contribution in [0, 0.1) is 3.57 Å². The molecule has 2 rings (SSSR count). The van der Waals surface area contributed by atoms with Gasteiger partial charge in [-0.2, -0.15) is 0 Å². The molecule has 118 valence electrons. The second-order valence-corrected chi connectivity index (χ2v) is 7.10. The number of carbonyl (C=O) groups excluding carboxylic acids is 1. The van der Waals surface area contributed by atoms with Crippen LogP contribution in [0.4, 0.5) is 10.7 Å². The molecule has 0 spiro atoms. The number of fused-ring (bicyclic) bond motifs is 1. The fourth-order valence-electron chi connectivity index (χ4n) is 1.65. The Hall–Kier alpha value is -1.71. The van der Waals surface area contributed by atoms with Gasteiger partial charge in [-0.1, -0.05) is 0 Å². The van der Waals surface area contributed by atoms with Gasteiger partial charge in [0.2, 0.25) is 0 Å². The molecule has 0 aliphatic rings. The number of hydrogen-bond donors (Lipinski definition) is 0. The van der Waals surface area contributed by atoms with Crippen LogP contribution in [-0.4, -0.2) is 51.6 Å². The highest BCUT2D eigenvalue weighted by molar-refractivity contribution is 14.1. The Kier molecular flexibility index (Phi) is 4.69. The summed E-state index contributed by atoms with van der Waals surface area (Å²) in [6, 6.07) is 0. The van der Waals surface area contributed by atoms with E-state index in [1.165, 1.54) is 4.57 Å². The fourth-order valence-corrected chi connectivity index (χ4v) is 2.33. The first-order valence-corrected chi connectivity index (χ1v) is 7.73. The molecule has 0 bridgehead atoms. The summed E-state index contributed by atoms with van der Waals surface area (Å²) in [5.74, 6) is 0.348. The maximum atomic E-state index is 12.2. The molecule has 2 aromatic rings. The average molecular weight is 415 g/mol. The number of ether oxygens (including phenoxy) is 1. The summed E-state index contributed by atoms with van der Waals surface area (Å²) >= 11 is 2.13. The lowest BCUT2D eigenvalue weighted by molar-refractivity contribution is 0.0544. The molecule has 0 fully saturated rings. The SMILES string of the molecule is CN(C)/C=N/c1ncc2c(n1)c(I)cn2C(=O)OC(C)(C)C. The first kappa shape index (κ1) is 16.7. The Morgan fingerprint density at radius 3 is 2.73 bits per heavy atom. The Balaban J connectivity index is 2.41. The molecule has 0 N–H and O–H groups in total. The molecule has 2 aromatic heterocycles. The summed E-state index contributed by atoms with van der Waals surface area (Å²) in [7, 11) is 3.73. The van der Waals surface area contributed by atoms with Crippen molar-refractivity contribution in [2.24, 2.45) is 4.99 Å². The number of rotatable bonds is 2. The highest BCUT2D eigenvalue weighted by Gasteiger charge is 2.21. The van der Waals surface area contributed by atoms with Crippen molar-refractivity contribution in [1.82, 2.24) is 19.4 Å². The molecule has 0 aliphatic carbocycles.